The van der Waals surface area contributed by atoms with Crippen LogP contribution in [0.3, 0.4) is 0 Å². The van der Waals surface area contributed by atoms with Crippen molar-refractivity contribution in [2.24, 2.45) is 0 Å². The number of H-pyrrole nitrogens is 1. The quantitative estimate of drug-likeness (QED) is 0.605. The lowest BCUT2D eigenvalue weighted by Crippen LogP contribution is -2.00. The van der Waals surface area contributed by atoms with E-state index in [1.165, 1.54) is 42.6 Å². The molecule has 92 valence electrons. The third-order valence-corrected chi connectivity index (χ3v) is 2.40. The van der Waals surface area contributed by atoms with Crippen LogP contribution in [0.15, 0.2) is 35.3 Å². The van der Waals surface area contributed by atoms with Crippen LogP contribution in [0.25, 0.3) is 12.2 Å². The summed E-state index contributed by atoms with van der Waals surface area (Å²) in [6.07, 6.45) is 4.31. The highest BCUT2D eigenvalue weighted by atomic mass is 16.3. The van der Waals surface area contributed by atoms with E-state index in [-0.39, 0.29) is 17.2 Å². The fourth-order valence-electron chi connectivity index (χ4n) is 1.46. The number of phenols is 2. The highest BCUT2D eigenvalue weighted by Crippen LogP contribution is 2.24. The van der Waals surface area contributed by atoms with Crippen LogP contribution in [0.2, 0.25) is 0 Å². The minimum Gasteiger partial charge on any atom is -0.508 e. The number of hydrogen-bond donors (Lipinski definition) is 4. The van der Waals surface area contributed by atoms with Crippen LogP contribution in [-0.4, -0.2) is 20.3 Å². The maximum atomic E-state index is 11.2. The lowest BCUT2D eigenvalue weighted by Gasteiger charge is -2.00. The molecule has 0 atom stereocenters. The van der Waals surface area contributed by atoms with Crippen molar-refractivity contribution in [2.75, 3.05) is 0 Å². The predicted molar refractivity (Wildman–Crippen MR) is 67.4 cm³/mol. The topological polar surface area (TPSA) is 93.6 Å². The SMILES string of the molecule is O=c1cc[nH]c(/C=C/c2cc(O)ccc2O)c1O. The van der Waals surface area contributed by atoms with Gasteiger partial charge in [-0.05, 0) is 30.4 Å². The van der Waals surface area contributed by atoms with Crippen molar-refractivity contribution < 1.29 is 15.3 Å². The number of hydrogen-bond acceptors (Lipinski definition) is 4. The van der Waals surface area contributed by atoms with Gasteiger partial charge >= 0.3 is 0 Å². The second kappa shape index (κ2) is 4.67. The fourth-order valence-corrected chi connectivity index (χ4v) is 1.46. The van der Waals surface area contributed by atoms with E-state index < -0.39 is 11.2 Å². The van der Waals surface area contributed by atoms with Crippen molar-refractivity contribution in [1.29, 1.82) is 0 Å². The molecule has 0 saturated carbocycles. The Balaban J connectivity index is 2.39. The van der Waals surface area contributed by atoms with E-state index in [1.54, 1.807) is 0 Å². The number of pyridine rings is 1. The van der Waals surface area contributed by atoms with Crippen molar-refractivity contribution in [3.05, 3.63) is 51.9 Å². The number of aromatic amines is 1. The van der Waals surface area contributed by atoms with Gasteiger partial charge in [0.05, 0.1) is 5.69 Å². The highest BCUT2D eigenvalue weighted by molar-refractivity contribution is 5.73. The molecule has 0 aliphatic rings. The van der Waals surface area contributed by atoms with Gasteiger partial charge in [0, 0.05) is 17.8 Å². The Labute approximate surface area is 102 Å². The number of phenolic OH excluding ortho intramolecular Hbond substituents is 2. The molecule has 0 bridgehead atoms. The molecule has 0 aliphatic heterocycles. The Morgan fingerprint density at radius 3 is 2.61 bits per heavy atom. The van der Waals surface area contributed by atoms with Crippen LogP contribution in [0, 0.1) is 0 Å². The molecule has 2 aromatic rings. The second-order valence-electron chi connectivity index (χ2n) is 3.68. The van der Waals surface area contributed by atoms with E-state index >= 15 is 0 Å². The first-order valence-electron chi connectivity index (χ1n) is 5.18. The summed E-state index contributed by atoms with van der Waals surface area (Å²) in [6, 6.07) is 5.28. The summed E-state index contributed by atoms with van der Waals surface area (Å²) in [7, 11) is 0. The van der Waals surface area contributed by atoms with E-state index in [9.17, 15) is 20.1 Å². The average Bonchev–Trinajstić information content (AvgIpc) is 2.35. The third kappa shape index (κ3) is 2.35. The molecular weight excluding hydrogens is 234 g/mol. The molecule has 5 heteroatoms. The van der Waals surface area contributed by atoms with E-state index in [0.717, 1.165) is 0 Å². The lowest BCUT2D eigenvalue weighted by molar-refractivity contribution is 0.459. The number of aromatic nitrogens is 1. The van der Waals surface area contributed by atoms with Crippen molar-refractivity contribution in [3.63, 3.8) is 0 Å². The van der Waals surface area contributed by atoms with Crippen molar-refractivity contribution in [2.45, 2.75) is 0 Å². The highest BCUT2D eigenvalue weighted by Gasteiger charge is 2.02. The normalized spacial score (nSPS) is 10.9. The number of rotatable bonds is 2. The van der Waals surface area contributed by atoms with E-state index in [1.807, 2.05) is 0 Å². The van der Waals surface area contributed by atoms with E-state index in [4.69, 9.17) is 0 Å². The maximum absolute atomic E-state index is 11.2. The second-order valence-corrected chi connectivity index (χ2v) is 3.68. The lowest BCUT2D eigenvalue weighted by atomic mass is 10.1. The molecule has 0 unspecified atom stereocenters. The Hall–Kier alpha value is -2.69. The molecule has 0 aliphatic carbocycles. The summed E-state index contributed by atoms with van der Waals surface area (Å²) in [5, 5.41) is 28.3. The average molecular weight is 245 g/mol. The number of benzene rings is 1. The first-order valence-corrected chi connectivity index (χ1v) is 5.18. The Bertz CT molecular complexity index is 658. The van der Waals surface area contributed by atoms with Gasteiger partial charge in [-0.3, -0.25) is 4.79 Å². The molecule has 2 rings (SSSR count). The van der Waals surface area contributed by atoms with E-state index in [2.05, 4.69) is 4.98 Å². The van der Waals surface area contributed by atoms with Gasteiger partial charge in [0.15, 0.2) is 5.75 Å². The maximum Gasteiger partial charge on any atom is 0.223 e. The molecule has 1 heterocycles. The summed E-state index contributed by atoms with van der Waals surface area (Å²) in [5.74, 6) is -0.395. The van der Waals surface area contributed by atoms with Gasteiger partial charge in [-0.1, -0.05) is 0 Å². The van der Waals surface area contributed by atoms with Crippen LogP contribution in [-0.2, 0) is 0 Å². The van der Waals surface area contributed by atoms with Gasteiger partial charge in [-0.2, -0.15) is 0 Å². The monoisotopic (exact) mass is 245 g/mol. The molecule has 0 fully saturated rings. The smallest absolute Gasteiger partial charge is 0.223 e. The van der Waals surface area contributed by atoms with Crippen LogP contribution in [0.1, 0.15) is 11.3 Å². The van der Waals surface area contributed by atoms with Gasteiger partial charge in [0.1, 0.15) is 11.5 Å². The predicted octanol–water partition coefficient (Wildman–Crippen LogP) is 1.66. The molecule has 0 spiro atoms. The Morgan fingerprint density at radius 1 is 1.06 bits per heavy atom. The minimum absolute atomic E-state index is 0.0122. The molecule has 0 saturated heterocycles. The molecule has 0 amide bonds. The van der Waals surface area contributed by atoms with Crippen LogP contribution >= 0.6 is 0 Å². The third-order valence-electron chi connectivity index (χ3n) is 2.40. The zero-order valence-electron chi connectivity index (χ0n) is 9.29. The molecule has 1 aromatic heterocycles. The molecule has 4 N–H and O–H groups in total. The van der Waals surface area contributed by atoms with Crippen LogP contribution in [0.5, 0.6) is 17.2 Å². The first kappa shape index (κ1) is 11.8. The van der Waals surface area contributed by atoms with Gasteiger partial charge in [-0.15, -0.1) is 0 Å². The molecule has 18 heavy (non-hydrogen) atoms. The van der Waals surface area contributed by atoms with Gasteiger partial charge in [0.2, 0.25) is 5.43 Å². The van der Waals surface area contributed by atoms with Crippen molar-refractivity contribution in [1.82, 2.24) is 4.98 Å². The van der Waals surface area contributed by atoms with Gasteiger partial charge in [-0.25, -0.2) is 0 Å². The molecular formula is C13H11NO4. The zero-order chi connectivity index (χ0) is 13.1. The minimum atomic E-state index is -0.492. The summed E-state index contributed by atoms with van der Waals surface area (Å²) >= 11 is 0. The summed E-state index contributed by atoms with van der Waals surface area (Å²) < 4.78 is 0. The van der Waals surface area contributed by atoms with Crippen molar-refractivity contribution >= 4 is 12.2 Å². The molecule has 1 aromatic carbocycles. The van der Waals surface area contributed by atoms with Crippen molar-refractivity contribution in [3.8, 4) is 17.2 Å². The first-order chi connectivity index (χ1) is 8.58. The summed E-state index contributed by atoms with van der Waals surface area (Å²) in [6.45, 7) is 0. The molecule has 0 radical (unpaired) electrons. The summed E-state index contributed by atoms with van der Waals surface area (Å²) in [4.78, 5) is 13.9. The van der Waals surface area contributed by atoms with Crippen LogP contribution in [0.4, 0.5) is 0 Å². The van der Waals surface area contributed by atoms with Gasteiger partial charge < -0.3 is 20.3 Å². The van der Waals surface area contributed by atoms with E-state index in [0.29, 0.717) is 5.56 Å². The van der Waals surface area contributed by atoms with Crippen LogP contribution < -0.4 is 5.43 Å². The Morgan fingerprint density at radius 2 is 1.83 bits per heavy atom. The Kier molecular flexibility index (Phi) is 3.05. The molecule has 5 nitrogen and oxygen atoms in total. The standard InChI is InChI=1S/C13H11NO4/c15-9-2-4-11(16)8(7-9)1-3-10-13(18)12(17)5-6-14-10/h1-7,15-16,18H,(H,14,17)/b3-1+. The largest absolute Gasteiger partial charge is 0.508 e. The summed E-state index contributed by atoms with van der Waals surface area (Å²) in [5.41, 5.74) is 0.109. The number of aromatic hydroxyl groups is 3. The number of nitrogens with one attached hydrogen (secondary N) is 1. The zero-order valence-corrected chi connectivity index (χ0v) is 9.29. The fraction of sp³-hybridized carbons (Fsp3) is 0. The van der Waals surface area contributed by atoms with Gasteiger partial charge in [0.25, 0.3) is 0 Å².